The molecule has 0 aliphatic rings. The fourth-order valence-corrected chi connectivity index (χ4v) is 3.60. The maximum Gasteiger partial charge on any atom is 0.337 e. The van der Waals surface area contributed by atoms with Crippen LogP contribution in [0.1, 0.15) is 26.4 Å². The number of carbonyl (C=O) groups excluding carboxylic acids is 2. The van der Waals surface area contributed by atoms with Crippen molar-refractivity contribution in [2.24, 2.45) is 0 Å². The van der Waals surface area contributed by atoms with Crippen LogP contribution in [0.25, 0.3) is 10.6 Å². The first-order chi connectivity index (χ1) is 11.6. The Morgan fingerprint density at radius 2 is 2.04 bits per heavy atom. The number of rotatable bonds is 4. The van der Waals surface area contributed by atoms with Gasteiger partial charge in [0.1, 0.15) is 10.7 Å². The molecule has 122 valence electrons. The Morgan fingerprint density at radius 1 is 1.21 bits per heavy atom. The summed E-state index contributed by atoms with van der Waals surface area (Å²) in [4.78, 5) is 28.4. The fraction of sp³-hybridized carbons (Fsp3) is 0.118. The molecule has 2 heterocycles. The van der Waals surface area contributed by atoms with Gasteiger partial charge in [-0.05, 0) is 36.1 Å². The van der Waals surface area contributed by atoms with Crippen molar-refractivity contribution in [1.82, 2.24) is 4.98 Å². The summed E-state index contributed by atoms with van der Waals surface area (Å²) in [6.07, 6.45) is 0. The van der Waals surface area contributed by atoms with E-state index in [4.69, 9.17) is 4.74 Å². The lowest BCUT2D eigenvalue weighted by Gasteiger charge is -2.09. The second kappa shape index (κ2) is 6.94. The Morgan fingerprint density at radius 3 is 2.75 bits per heavy atom. The number of benzene rings is 1. The number of methoxy groups -OCH3 is 1. The predicted molar refractivity (Wildman–Crippen MR) is 95.9 cm³/mol. The Bertz CT molecular complexity index is 885. The molecule has 7 heteroatoms. The van der Waals surface area contributed by atoms with Gasteiger partial charge in [-0.15, -0.1) is 11.3 Å². The van der Waals surface area contributed by atoms with Gasteiger partial charge in [0.05, 0.1) is 12.7 Å². The number of aryl methyl sites for hydroxylation is 1. The lowest BCUT2D eigenvalue weighted by atomic mass is 10.1. The number of amides is 1. The zero-order valence-corrected chi connectivity index (χ0v) is 14.7. The number of ether oxygens (including phenoxy) is 1. The van der Waals surface area contributed by atoms with Crippen LogP contribution in [-0.4, -0.2) is 24.0 Å². The SMILES string of the molecule is COC(=O)c1ccc(C)c(NC(=O)c2csc(-c3ccsc3)n2)c1. The first kappa shape index (κ1) is 16.4. The van der Waals surface area contributed by atoms with E-state index in [0.29, 0.717) is 16.9 Å². The van der Waals surface area contributed by atoms with Gasteiger partial charge in [-0.3, -0.25) is 4.79 Å². The monoisotopic (exact) mass is 358 g/mol. The van der Waals surface area contributed by atoms with Crippen molar-refractivity contribution < 1.29 is 14.3 Å². The van der Waals surface area contributed by atoms with Crippen molar-refractivity contribution >= 4 is 40.2 Å². The first-order valence-electron chi connectivity index (χ1n) is 7.07. The number of thiazole rings is 1. The molecule has 3 rings (SSSR count). The van der Waals surface area contributed by atoms with E-state index >= 15 is 0 Å². The molecule has 0 bridgehead atoms. The number of hydrogen-bond donors (Lipinski definition) is 1. The van der Waals surface area contributed by atoms with Crippen LogP contribution in [0.4, 0.5) is 5.69 Å². The lowest BCUT2D eigenvalue weighted by Crippen LogP contribution is -2.14. The average Bonchev–Trinajstić information content (AvgIpc) is 3.27. The van der Waals surface area contributed by atoms with Crippen LogP contribution in [0.15, 0.2) is 40.4 Å². The summed E-state index contributed by atoms with van der Waals surface area (Å²) < 4.78 is 4.70. The second-order valence-electron chi connectivity index (χ2n) is 5.03. The molecular weight excluding hydrogens is 344 g/mol. The molecule has 0 aliphatic heterocycles. The lowest BCUT2D eigenvalue weighted by molar-refractivity contribution is 0.0600. The summed E-state index contributed by atoms with van der Waals surface area (Å²) in [5, 5.41) is 9.30. The van der Waals surface area contributed by atoms with Gasteiger partial charge in [-0.2, -0.15) is 11.3 Å². The highest BCUT2D eigenvalue weighted by Gasteiger charge is 2.15. The van der Waals surface area contributed by atoms with Crippen LogP contribution in [0.3, 0.4) is 0 Å². The van der Waals surface area contributed by atoms with E-state index in [1.807, 2.05) is 23.8 Å². The van der Waals surface area contributed by atoms with Crippen molar-refractivity contribution in [2.45, 2.75) is 6.92 Å². The number of nitrogens with zero attached hydrogens (tertiary/aromatic N) is 1. The van der Waals surface area contributed by atoms with Crippen molar-refractivity contribution in [3.63, 3.8) is 0 Å². The normalized spacial score (nSPS) is 10.4. The van der Waals surface area contributed by atoms with Gasteiger partial charge >= 0.3 is 5.97 Å². The van der Waals surface area contributed by atoms with Gasteiger partial charge in [0, 0.05) is 22.0 Å². The van der Waals surface area contributed by atoms with Crippen molar-refractivity contribution in [1.29, 1.82) is 0 Å². The number of aromatic nitrogens is 1. The van der Waals surface area contributed by atoms with Crippen LogP contribution in [0.5, 0.6) is 0 Å². The summed E-state index contributed by atoms with van der Waals surface area (Å²) in [6.45, 7) is 1.86. The summed E-state index contributed by atoms with van der Waals surface area (Å²) in [5.74, 6) is -0.753. The molecule has 1 aromatic carbocycles. The molecule has 1 amide bonds. The van der Waals surface area contributed by atoms with Gasteiger partial charge in [-0.1, -0.05) is 6.07 Å². The van der Waals surface area contributed by atoms with Crippen LogP contribution in [0, 0.1) is 6.92 Å². The second-order valence-corrected chi connectivity index (χ2v) is 6.66. The molecule has 2 aromatic heterocycles. The van der Waals surface area contributed by atoms with Gasteiger partial charge in [0.25, 0.3) is 5.91 Å². The molecule has 5 nitrogen and oxygen atoms in total. The van der Waals surface area contributed by atoms with Crippen molar-refractivity contribution in [2.75, 3.05) is 12.4 Å². The number of nitrogens with one attached hydrogen (secondary N) is 1. The van der Waals surface area contributed by atoms with E-state index in [2.05, 4.69) is 10.3 Å². The smallest absolute Gasteiger partial charge is 0.337 e. The minimum atomic E-state index is -0.445. The molecule has 0 unspecified atom stereocenters. The maximum atomic E-state index is 12.4. The van der Waals surface area contributed by atoms with E-state index in [1.54, 1.807) is 34.9 Å². The Balaban J connectivity index is 1.81. The minimum Gasteiger partial charge on any atom is -0.465 e. The zero-order chi connectivity index (χ0) is 17.1. The van der Waals surface area contributed by atoms with Crippen LogP contribution < -0.4 is 5.32 Å². The summed E-state index contributed by atoms with van der Waals surface area (Å²) in [7, 11) is 1.32. The van der Waals surface area contributed by atoms with E-state index in [0.717, 1.165) is 16.1 Å². The van der Waals surface area contributed by atoms with Crippen molar-refractivity contribution in [3.8, 4) is 10.6 Å². The van der Waals surface area contributed by atoms with Gasteiger partial charge < -0.3 is 10.1 Å². The molecule has 0 saturated heterocycles. The molecule has 0 atom stereocenters. The van der Waals surface area contributed by atoms with E-state index in [1.165, 1.54) is 18.4 Å². The number of esters is 1. The maximum absolute atomic E-state index is 12.4. The van der Waals surface area contributed by atoms with Gasteiger partial charge in [-0.25, -0.2) is 9.78 Å². The first-order valence-corrected chi connectivity index (χ1v) is 8.89. The highest BCUT2D eigenvalue weighted by molar-refractivity contribution is 7.14. The van der Waals surface area contributed by atoms with Crippen LogP contribution in [-0.2, 0) is 4.74 Å². The molecule has 0 fully saturated rings. The van der Waals surface area contributed by atoms with Crippen LogP contribution in [0.2, 0.25) is 0 Å². The Kier molecular flexibility index (Phi) is 4.73. The minimum absolute atomic E-state index is 0.308. The molecule has 3 aromatic rings. The topological polar surface area (TPSA) is 68.3 Å². The molecule has 0 saturated carbocycles. The largest absolute Gasteiger partial charge is 0.465 e. The van der Waals surface area contributed by atoms with Gasteiger partial charge in [0.2, 0.25) is 0 Å². The Labute approximate surface area is 146 Å². The number of thiophene rings is 1. The Hall–Kier alpha value is -2.51. The third kappa shape index (κ3) is 3.37. The molecule has 24 heavy (non-hydrogen) atoms. The summed E-state index contributed by atoms with van der Waals surface area (Å²) in [5.41, 5.74) is 3.16. The number of carbonyl (C=O) groups is 2. The standard InChI is InChI=1S/C17H14N2O3S2/c1-10-3-4-11(17(21)22-2)7-13(10)18-15(20)14-9-24-16(19-14)12-5-6-23-8-12/h3-9H,1-2H3,(H,18,20). The fourth-order valence-electron chi connectivity index (χ4n) is 2.08. The zero-order valence-electron chi connectivity index (χ0n) is 13.0. The average molecular weight is 358 g/mol. The van der Waals surface area contributed by atoms with E-state index in [-0.39, 0.29) is 5.91 Å². The molecule has 1 N–H and O–H groups in total. The highest BCUT2D eigenvalue weighted by Crippen LogP contribution is 2.26. The highest BCUT2D eigenvalue weighted by atomic mass is 32.1. The summed E-state index contributed by atoms with van der Waals surface area (Å²) in [6, 6.07) is 6.99. The van der Waals surface area contributed by atoms with E-state index in [9.17, 15) is 9.59 Å². The number of anilines is 1. The number of hydrogen-bond acceptors (Lipinski definition) is 6. The molecule has 0 radical (unpaired) electrons. The molecule has 0 aliphatic carbocycles. The molecule has 0 spiro atoms. The quantitative estimate of drug-likeness (QED) is 0.709. The third-order valence-electron chi connectivity index (χ3n) is 3.41. The summed E-state index contributed by atoms with van der Waals surface area (Å²) >= 11 is 3.01. The van der Waals surface area contributed by atoms with Crippen molar-refractivity contribution in [3.05, 3.63) is 57.2 Å². The van der Waals surface area contributed by atoms with Crippen LogP contribution >= 0.6 is 22.7 Å². The third-order valence-corrected chi connectivity index (χ3v) is 4.99. The molecular formula is C17H14N2O3S2. The predicted octanol–water partition coefficient (Wildman–Crippen LogP) is 4.22. The van der Waals surface area contributed by atoms with E-state index < -0.39 is 5.97 Å². The van der Waals surface area contributed by atoms with Gasteiger partial charge in [0.15, 0.2) is 0 Å².